The van der Waals surface area contributed by atoms with Crippen LogP contribution in [0.2, 0.25) is 0 Å². The third-order valence-electron chi connectivity index (χ3n) is 2.00. The summed E-state index contributed by atoms with van der Waals surface area (Å²) >= 11 is 1.48. The summed E-state index contributed by atoms with van der Waals surface area (Å²) in [4.78, 5) is 0. The Morgan fingerprint density at radius 2 is 2.05 bits per heavy atom. The highest BCUT2D eigenvalue weighted by Gasteiger charge is 2.32. The molecule has 0 saturated heterocycles. The Morgan fingerprint density at radius 3 is 2.50 bits per heavy atom. The first-order chi connectivity index (χ1) is 9.16. The second-order valence-corrected chi connectivity index (χ2v) is 4.49. The Hall–Kier alpha value is -1.90. The van der Waals surface area contributed by atoms with Crippen LogP contribution in [0.3, 0.4) is 0 Å². The van der Waals surface area contributed by atoms with E-state index in [2.05, 4.69) is 10.5 Å². The van der Waals surface area contributed by atoms with E-state index in [4.69, 9.17) is 16.4 Å². The maximum absolute atomic E-state index is 13.4. The number of nitrogens with two attached hydrogens (primary N) is 1. The minimum atomic E-state index is -4.72. The van der Waals surface area contributed by atoms with Crippen molar-refractivity contribution in [2.75, 3.05) is 5.43 Å². The predicted octanol–water partition coefficient (Wildman–Crippen LogP) is 2.68. The van der Waals surface area contributed by atoms with E-state index in [0.717, 1.165) is 0 Å². The Morgan fingerprint density at radius 1 is 1.45 bits per heavy atom. The van der Waals surface area contributed by atoms with Crippen LogP contribution in [0, 0.1) is 26.1 Å². The van der Waals surface area contributed by atoms with Gasteiger partial charge in [-0.1, -0.05) is 0 Å². The number of halogens is 5. The van der Waals surface area contributed by atoms with Crippen LogP contribution in [-0.4, -0.2) is 11.5 Å². The average molecular weight is 399 g/mol. The van der Waals surface area contributed by atoms with E-state index in [1.165, 1.54) is 28.7 Å². The monoisotopic (exact) mass is 399 g/mol. The van der Waals surface area contributed by atoms with Gasteiger partial charge >= 0.3 is 6.18 Å². The van der Waals surface area contributed by atoms with Gasteiger partial charge in [0.15, 0.2) is 5.84 Å². The van der Waals surface area contributed by atoms with Gasteiger partial charge < -0.3 is 5.73 Å². The molecule has 1 aromatic carbocycles. The zero-order chi connectivity index (χ0) is 15.5. The molecule has 0 radical (unpaired) electrons. The molecular formula is C10H6F4IN5. The van der Waals surface area contributed by atoms with Crippen molar-refractivity contribution < 1.29 is 17.6 Å². The average Bonchev–Trinajstić information content (AvgIpc) is 2.33. The summed E-state index contributed by atoms with van der Waals surface area (Å²) in [6.07, 6.45) is -4.72. The van der Waals surface area contributed by atoms with Crippen LogP contribution in [0.15, 0.2) is 17.2 Å². The molecule has 10 heteroatoms. The number of hydrogen-bond donors (Lipinski definition) is 3. The first-order valence-corrected chi connectivity index (χ1v) is 5.89. The lowest BCUT2D eigenvalue weighted by molar-refractivity contribution is -0.137. The van der Waals surface area contributed by atoms with E-state index in [1.807, 2.05) is 0 Å². The summed E-state index contributed by atoms with van der Waals surface area (Å²) in [6, 6.07) is 2.47. The molecule has 0 saturated carbocycles. The van der Waals surface area contributed by atoms with E-state index in [-0.39, 0.29) is 9.26 Å². The molecule has 1 aromatic rings. The molecule has 106 valence electrons. The van der Waals surface area contributed by atoms with Gasteiger partial charge in [0, 0.05) is 0 Å². The van der Waals surface area contributed by atoms with Gasteiger partial charge in [0.05, 0.1) is 14.8 Å². The molecule has 0 aliphatic carbocycles. The fourth-order valence-corrected chi connectivity index (χ4v) is 1.53. The number of nitriles is 1. The molecule has 5 nitrogen and oxygen atoms in total. The van der Waals surface area contributed by atoms with Crippen LogP contribution in [0.4, 0.5) is 23.2 Å². The standard InChI is InChI=1S/C10H6F4IN5/c11-5-1-4(10(12,13)14)2-6(8(5)15)19-20-7(3-16)9(17)18/h1-2,19H,(H3,17,18)/b20-7+. The highest BCUT2D eigenvalue weighted by atomic mass is 127. The van der Waals surface area contributed by atoms with Gasteiger partial charge in [-0.2, -0.15) is 23.5 Å². The minimum Gasteiger partial charge on any atom is -0.382 e. The Kier molecular flexibility index (Phi) is 4.88. The number of hydrogen-bond acceptors (Lipinski definition) is 4. The molecule has 0 amide bonds. The fraction of sp³-hybridized carbons (Fsp3) is 0.100. The minimum absolute atomic E-state index is 0.139. The van der Waals surface area contributed by atoms with Crippen molar-refractivity contribution in [1.82, 2.24) is 0 Å². The molecule has 0 unspecified atom stereocenters. The van der Waals surface area contributed by atoms with Gasteiger partial charge in [0.2, 0.25) is 5.71 Å². The Labute approximate surface area is 124 Å². The molecule has 0 aliphatic heterocycles. The van der Waals surface area contributed by atoms with E-state index < -0.39 is 29.1 Å². The van der Waals surface area contributed by atoms with Crippen molar-refractivity contribution in [3.8, 4) is 6.07 Å². The van der Waals surface area contributed by atoms with Crippen LogP contribution in [0.25, 0.3) is 0 Å². The molecule has 4 N–H and O–H groups in total. The number of amidine groups is 1. The summed E-state index contributed by atoms with van der Waals surface area (Å²) in [5.41, 5.74) is 5.09. The fourth-order valence-electron chi connectivity index (χ4n) is 1.10. The molecular weight excluding hydrogens is 393 g/mol. The topological polar surface area (TPSA) is 98.0 Å². The number of alkyl halides is 3. The lowest BCUT2D eigenvalue weighted by Gasteiger charge is -2.11. The van der Waals surface area contributed by atoms with Gasteiger partial charge in [-0.15, -0.1) is 0 Å². The third kappa shape index (κ3) is 3.80. The molecule has 1 rings (SSSR count). The van der Waals surface area contributed by atoms with Crippen molar-refractivity contribution in [1.29, 1.82) is 10.7 Å². The van der Waals surface area contributed by atoms with Crippen LogP contribution >= 0.6 is 22.6 Å². The summed E-state index contributed by atoms with van der Waals surface area (Å²) in [5.74, 6) is -1.75. The second kappa shape index (κ2) is 6.04. The van der Waals surface area contributed by atoms with Crippen LogP contribution in [0.1, 0.15) is 5.56 Å². The number of benzene rings is 1. The van der Waals surface area contributed by atoms with Crippen molar-refractivity contribution in [2.24, 2.45) is 10.8 Å². The first kappa shape index (κ1) is 16.2. The zero-order valence-corrected chi connectivity index (χ0v) is 11.7. The van der Waals surface area contributed by atoms with E-state index in [0.29, 0.717) is 12.1 Å². The van der Waals surface area contributed by atoms with Gasteiger partial charge in [0.1, 0.15) is 11.9 Å². The summed E-state index contributed by atoms with van der Waals surface area (Å²) in [5, 5.41) is 18.9. The third-order valence-corrected chi connectivity index (χ3v) is 3.10. The number of anilines is 1. The molecule has 0 bridgehead atoms. The quantitative estimate of drug-likeness (QED) is 0.240. The molecule has 0 aromatic heterocycles. The first-order valence-electron chi connectivity index (χ1n) is 4.81. The maximum Gasteiger partial charge on any atom is 0.416 e. The number of nitrogens with one attached hydrogen (secondary N) is 2. The lowest BCUT2D eigenvalue weighted by atomic mass is 10.2. The zero-order valence-electron chi connectivity index (χ0n) is 9.52. The number of nitrogens with zero attached hydrogens (tertiary/aromatic N) is 2. The number of rotatable bonds is 3. The van der Waals surface area contributed by atoms with E-state index in [1.54, 1.807) is 0 Å². The van der Waals surface area contributed by atoms with Gasteiger partial charge in [-0.05, 0) is 34.7 Å². The Balaban J connectivity index is 3.23. The smallest absolute Gasteiger partial charge is 0.382 e. The van der Waals surface area contributed by atoms with Gasteiger partial charge in [0.25, 0.3) is 0 Å². The van der Waals surface area contributed by atoms with Gasteiger partial charge in [-0.3, -0.25) is 10.8 Å². The highest BCUT2D eigenvalue weighted by molar-refractivity contribution is 14.1. The SMILES string of the molecule is N#C/C(=N\Nc1cc(C(F)(F)F)cc(F)c1I)C(=N)N. The molecule has 0 heterocycles. The molecule has 0 fully saturated rings. The van der Waals surface area contributed by atoms with Crippen molar-refractivity contribution in [3.05, 3.63) is 27.1 Å². The second-order valence-electron chi connectivity index (χ2n) is 3.42. The summed E-state index contributed by atoms with van der Waals surface area (Å²) < 4.78 is 50.9. The molecule has 0 aliphatic rings. The highest BCUT2D eigenvalue weighted by Crippen LogP contribution is 2.34. The molecule has 0 atom stereocenters. The van der Waals surface area contributed by atoms with Crippen LogP contribution in [-0.2, 0) is 6.18 Å². The van der Waals surface area contributed by atoms with E-state index >= 15 is 0 Å². The van der Waals surface area contributed by atoms with Crippen molar-refractivity contribution >= 4 is 39.8 Å². The molecule has 20 heavy (non-hydrogen) atoms. The maximum atomic E-state index is 13.4. The normalized spacial score (nSPS) is 11.9. The number of hydrazone groups is 1. The van der Waals surface area contributed by atoms with Gasteiger partial charge in [-0.25, -0.2) is 4.39 Å². The lowest BCUT2D eigenvalue weighted by Crippen LogP contribution is -2.22. The summed E-state index contributed by atoms with van der Waals surface area (Å²) in [7, 11) is 0. The van der Waals surface area contributed by atoms with Crippen molar-refractivity contribution in [2.45, 2.75) is 6.18 Å². The Bertz CT molecular complexity index is 617. The van der Waals surface area contributed by atoms with Crippen molar-refractivity contribution in [3.63, 3.8) is 0 Å². The van der Waals surface area contributed by atoms with Crippen LogP contribution < -0.4 is 11.2 Å². The predicted molar refractivity (Wildman–Crippen MR) is 72.7 cm³/mol. The summed E-state index contributed by atoms with van der Waals surface area (Å²) in [6.45, 7) is 0. The molecule has 0 spiro atoms. The largest absolute Gasteiger partial charge is 0.416 e. The van der Waals surface area contributed by atoms with E-state index in [9.17, 15) is 17.6 Å². The van der Waals surface area contributed by atoms with Crippen LogP contribution in [0.5, 0.6) is 0 Å².